The molecule has 0 fully saturated rings. The molecule has 0 bridgehead atoms. The second-order valence-electron chi connectivity index (χ2n) is 8.96. The van der Waals surface area contributed by atoms with Crippen LogP contribution in [0.4, 0.5) is 11.4 Å². The number of anilines is 2. The summed E-state index contributed by atoms with van der Waals surface area (Å²) in [5.41, 5.74) is 8.50. The van der Waals surface area contributed by atoms with Crippen molar-refractivity contribution >= 4 is 23.2 Å². The summed E-state index contributed by atoms with van der Waals surface area (Å²) in [7, 11) is 0. The number of nitrogens with two attached hydrogens (primary N) is 2. The van der Waals surface area contributed by atoms with Crippen molar-refractivity contribution in [3.8, 4) is 45.0 Å². The smallest absolute Gasteiger partial charge is 0.238 e. The van der Waals surface area contributed by atoms with Gasteiger partial charge in [0.25, 0.3) is 0 Å². The number of carbonyl (C=O) groups is 2. The first kappa shape index (κ1) is 24.8. The van der Waals surface area contributed by atoms with Crippen LogP contribution in [0, 0.1) is 0 Å². The van der Waals surface area contributed by atoms with E-state index in [1.807, 2.05) is 91.0 Å². The molecule has 0 atom stereocenters. The van der Waals surface area contributed by atoms with Gasteiger partial charge in [-0.25, -0.2) is 21.7 Å². The molecule has 2 heterocycles. The monoisotopic (exact) mass is 504 g/mol. The van der Waals surface area contributed by atoms with Crippen LogP contribution in [0.2, 0.25) is 0 Å². The summed E-state index contributed by atoms with van der Waals surface area (Å²) >= 11 is 0. The molecule has 0 saturated heterocycles. The molecule has 6 N–H and O–H groups in total. The molecule has 0 aliphatic rings. The lowest BCUT2D eigenvalue weighted by Crippen LogP contribution is -2.35. The molecule has 0 aliphatic carbocycles. The highest BCUT2D eigenvalue weighted by Gasteiger charge is 2.16. The predicted molar refractivity (Wildman–Crippen MR) is 152 cm³/mol. The van der Waals surface area contributed by atoms with E-state index in [2.05, 4.69) is 16.0 Å². The highest BCUT2D eigenvalue weighted by Crippen LogP contribution is 2.34. The number of amides is 2. The van der Waals surface area contributed by atoms with E-state index in [0.29, 0.717) is 11.4 Å². The van der Waals surface area contributed by atoms with E-state index in [0.717, 1.165) is 55.0 Å². The maximum Gasteiger partial charge on any atom is 0.238 e. The lowest BCUT2D eigenvalue weighted by atomic mass is 10.1. The second kappa shape index (κ2) is 10.2. The van der Waals surface area contributed by atoms with Gasteiger partial charge in [-0.1, -0.05) is 54.6 Å². The first-order chi connectivity index (χ1) is 18.3. The summed E-state index contributed by atoms with van der Waals surface area (Å²) in [4.78, 5) is 30.7. The van der Waals surface area contributed by atoms with Crippen molar-refractivity contribution in [1.82, 2.24) is 9.97 Å². The van der Waals surface area contributed by atoms with E-state index in [-0.39, 0.29) is 11.8 Å². The van der Waals surface area contributed by atoms with Gasteiger partial charge in [-0.15, -0.1) is 0 Å². The third-order valence-electron chi connectivity index (χ3n) is 6.44. The van der Waals surface area contributed by atoms with E-state index in [1.165, 1.54) is 13.8 Å². The number of para-hydroxylation sites is 2. The number of H-pyrrole nitrogens is 2. The van der Waals surface area contributed by atoms with Gasteiger partial charge in [-0.2, -0.15) is 0 Å². The Morgan fingerprint density at radius 3 is 1.37 bits per heavy atom. The van der Waals surface area contributed by atoms with Crippen molar-refractivity contribution in [2.45, 2.75) is 13.8 Å². The fraction of sp³-hybridized carbons (Fsp3) is 0.0667. The molecule has 2 aromatic heterocycles. The number of rotatable bonds is 6. The highest BCUT2D eigenvalue weighted by molar-refractivity contribution is 5.96. The van der Waals surface area contributed by atoms with Gasteiger partial charge in [-0.05, 0) is 53.6 Å². The van der Waals surface area contributed by atoms with Crippen molar-refractivity contribution in [1.29, 1.82) is 0 Å². The molecule has 2 amide bonds. The van der Waals surface area contributed by atoms with E-state index in [9.17, 15) is 9.59 Å². The number of hydrogen-bond acceptors (Lipinski definition) is 4. The van der Waals surface area contributed by atoms with Gasteiger partial charge < -0.3 is 9.97 Å². The Kier molecular flexibility index (Phi) is 6.66. The van der Waals surface area contributed by atoms with Crippen molar-refractivity contribution in [3.63, 3.8) is 0 Å². The summed E-state index contributed by atoms with van der Waals surface area (Å²) in [5.74, 6) is 11.5. The molecule has 8 nitrogen and oxygen atoms in total. The van der Waals surface area contributed by atoms with Crippen LogP contribution >= 0.6 is 0 Å². The molecule has 0 spiro atoms. The maximum atomic E-state index is 11.9. The minimum absolute atomic E-state index is 0.245. The molecule has 0 aliphatic heterocycles. The molecule has 0 radical (unpaired) electrons. The van der Waals surface area contributed by atoms with Crippen LogP contribution in [0.5, 0.6) is 0 Å². The van der Waals surface area contributed by atoms with Crippen molar-refractivity contribution in [3.05, 3.63) is 97.1 Å². The van der Waals surface area contributed by atoms with E-state index in [4.69, 9.17) is 11.7 Å². The highest BCUT2D eigenvalue weighted by atomic mass is 16.2. The third kappa shape index (κ3) is 4.73. The number of carbonyl (C=O) groups excluding carboxylic acids is 2. The Bertz CT molecular complexity index is 1520. The molecule has 3 aromatic carbocycles. The fourth-order valence-corrected chi connectivity index (χ4v) is 4.46. The SMILES string of the molecule is CC(=O)N(N)c1ccccc1-c1ccc(-c2cccc(-c3ccc(-c4ccccc4N(N)C(C)=O)[nH]3)c2)[nH]1. The number of aromatic amines is 2. The van der Waals surface area contributed by atoms with Crippen LogP contribution in [-0.2, 0) is 9.59 Å². The lowest BCUT2D eigenvalue weighted by Gasteiger charge is -2.17. The standard InChI is InChI=1S/C30H28N6O2/c1-19(37)35(31)29-12-5-3-10-23(29)27-16-14-25(33-27)21-8-7-9-22(18-21)26-15-17-28(34-26)24-11-4-6-13-30(24)36(32)20(2)38/h3-18,33-34H,31-32H2,1-2H3. The number of aromatic nitrogens is 2. The molecular weight excluding hydrogens is 476 g/mol. The predicted octanol–water partition coefficient (Wildman–Crippen LogP) is 5.46. The zero-order chi connectivity index (χ0) is 26.8. The van der Waals surface area contributed by atoms with Crippen LogP contribution in [-0.4, -0.2) is 21.8 Å². The van der Waals surface area contributed by atoms with Crippen molar-refractivity contribution < 1.29 is 9.59 Å². The van der Waals surface area contributed by atoms with Gasteiger partial charge in [0.05, 0.1) is 11.4 Å². The minimum Gasteiger partial charge on any atom is -0.354 e. The Labute approximate surface area is 220 Å². The van der Waals surface area contributed by atoms with Crippen LogP contribution in [0.1, 0.15) is 13.8 Å². The van der Waals surface area contributed by atoms with E-state index >= 15 is 0 Å². The van der Waals surface area contributed by atoms with Gasteiger partial charge in [0.15, 0.2) is 0 Å². The number of benzene rings is 3. The summed E-state index contributed by atoms with van der Waals surface area (Å²) in [6.07, 6.45) is 0. The Morgan fingerprint density at radius 1 is 0.553 bits per heavy atom. The number of nitrogens with zero attached hydrogens (tertiary/aromatic N) is 2. The van der Waals surface area contributed by atoms with Gasteiger partial charge in [0, 0.05) is 47.8 Å². The summed E-state index contributed by atoms with van der Waals surface area (Å²) < 4.78 is 0. The minimum atomic E-state index is -0.245. The number of hydrazine groups is 2. The molecule has 0 saturated carbocycles. The van der Waals surface area contributed by atoms with Crippen molar-refractivity contribution in [2.24, 2.45) is 11.7 Å². The lowest BCUT2D eigenvalue weighted by molar-refractivity contribution is -0.117. The second-order valence-corrected chi connectivity index (χ2v) is 8.96. The largest absolute Gasteiger partial charge is 0.354 e. The molecular formula is C30H28N6O2. The number of nitrogens with one attached hydrogen (secondary N) is 2. The van der Waals surface area contributed by atoms with Crippen LogP contribution < -0.4 is 21.7 Å². The zero-order valence-corrected chi connectivity index (χ0v) is 21.1. The van der Waals surface area contributed by atoms with E-state index in [1.54, 1.807) is 0 Å². The Balaban J connectivity index is 1.46. The Hall–Kier alpha value is -4.92. The van der Waals surface area contributed by atoms with Crippen LogP contribution in [0.15, 0.2) is 97.1 Å². The van der Waals surface area contributed by atoms with Gasteiger partial charge >= 0.3 is 0 Å². The molecule has 5 rings (SSSR count). The average molecular weight is 505 g/mol. The Morgan fingerprint density at radius 2 is 0.947 bits per heavy atom. The average Bonchev–Trinajstić information content (AvgIpc) is 3.63. The summed E-state index contributed by atoms with van der Waals surface area (Å²) in [5, 5.41) is 2.30. The van der Waals surface area contributed by atoms with Gasteiger partial charge in [0.2, 0.25) is 11.8 Å². The number of hydrogen-bond donors (Lipinski definition) is 4. The maximum absolute atomic E-state index is 11.9. The summed E-state index contributed by atoms with van der Waals surface area (Å²) in [6.45, 7) is 2.87. The topological polar surface area (TPSA) is 124 Å². The quantitative estimate of drug-likeness (QED) is 0.139. The molecule has 8 heteroatoms. The fourth-order valence-electron chi connectivity index (χ4n) is 4.46. The van der Waals surface area contributed by atoms with Crippen LogP contribution in [0.25, 0.3) is 45.0 Å². The summed E-state index contributed by atoms with van der Waals surface area (Å²) in [6, 6.07) is 31.2. The van der Waals surface area contributed by atoms with Crippen molar-refractivity contribution in [2.75, 3.05) is 10.0 Å². The molecule has 38 heavy (non-hydrogen) atoms. The van der Waals surface area contributed by atoms with Gasteiger partial charge in [0.1, 0.15) is 0 Å². The van der Waals surface area contributed by atoms with Crippen LogP contribution in [0.3, 0.4) is 0 Å². The van der Waals surface area contributed by atoms with E-state index < -0.39 is 0 Å². The first-order valence-corrected chi connectivity index (χ1v) is 12.1. The molecule has 0 unspecified atom stereocenters. The third-order valence-corrected chi connectivity index (χ3v) is 6.44. The zero-order valence-electron chi connectivity index (χ0n) is 21.1. The molecule has 5 aromatic rings. The van der Waals surface area contributed by atoms with Gasteiger partial charge in [-0.3, -0.25) is 9.59 Å². The first-order valence-electron chi connectivity index (χ1n) is 12.1. The molecule has 190 valence electrons. The normalized spacial score (nSPS) is 10.8.